The molecule has 0 fully saturated rings. The van der Waals surface area contributed by atoms with Gasteiger partial charge in [-0.15, -0.1) is 0 Å². The molecule has 3 aromatic rings. The summed E-state index contributed by atoms with van der Waals surface area (Å²) in [4.78, 5) is 41.1. The van der Waals surface area contributed by atoms with Gasteiger partial charge in [0.1, 0.15) is 6.54 Å². The standard InChI is InChI=1S/C24H23N5O4/c1-17(27-28-24(33)19-11-13-25-14-12-19)18-7-9-20(10-8-18)26-22(30)15-29(16-23(31)32)21-5-3-2-4-6-21/h2-14H,15-16H2,1H3,(H,26,30)(H,28,33)(H,31,32)/b27-17+. The minimum Gasteiger partial charge on any atom is -0.480 e. The molecule has 0 bridgehead atoms. The number of carboxylic acid groups (broad SMARTS) is 1. The molecule has 0 radical (unpaired) electrons. The third-order valence-electron chi connectivity index (χ3n) is 4.64. The Morgan fingerprint density at radius 3 is 2.21 bits per heavy atom. The number of carboxylic acids is 1. The molecular weight excluding hydrogens is 422 g/mol. The number of para-hydroxylation sites is 1. The van der Waals surface area contributed by atoms with Crippen molar-refractivity contribution < 1.29 is 19.5 Å². The first kappa shape index (κ1) is 23.1. The molecule has 168 valence electrons. The first-order valence-corrected chi connectivity index (χ1v) is 10.1. The SMILES string of the molecule is C/C(=N\NC(=O)c1ccncc1)c1ccc(NC(=O)CN(CC(=O)O)c2ccccc2)cc1. The van der Waals surface area contributed by atoms with Gasteiger partial charge in [-0.2, -0.15) is 5.10 Å². The van der Waals surface area contributed by atoms with E-state index in [1.165, 1.54) is 17.3 Å². The van der Waals surface area contributed by atoms with E-state index in [2.05, 4.69) is 20.8 Å². The Hall–Kier alpha value is -4.53. The van der Waals surface area contributed by atoms with Gasteiger partial charge in [-0.05, 0) is 48.9 Å². The van der Waals surface area contributed by atoms with Gasteiger partial charge < -0.3 is 15.3 Å². The molecule has 0 aliphatic heterocycles. The highest BCUT2D eigenvalue weighted by atomic mass is 16.4. The van der Waals surface area contributed by atoms with E-state index < -0.39 is 5.97 Å². The molecule has 0 aliphatic rings. The predicted octanol–water partition coefficient (Wildman–Crippen LogP) is 2.77. The number of amides is 2. The summed E-state index contributed by atoms with van der Waals surface area (Å²) in [5.74, 6) is -1.71. The molecule has 3 N–H and O–H groups in total. The fourth-order valence-corrected chi connectivity index (χ4v) is 2.98. The number of carbonyl (C=O) groups excluding carboxylic acids is 2. The number of aliphatic carboxylic acids is 1. The lowest BCUT2D eigenvalue weighted by Gasteiger charge is -2.22. The fourth-order valence-electron chi connectivity index (χ4n) is 2.98. The molecule has 0 spiro atoms. The molecule has 1 aromatic heterocycles. The maximum absolute atomic E-state index is 12.5. The summed E-state index contributed by atoms with van der Waals surface area (Å²) in [6.45, 7) is 1.35. The molecule has 9 heteroatoms. The minimum absolute atomic E-state index is 0.112. The summed E-state index contributed by atoms with van der Waals surface area (Å²) in [6.07, 6.45) is 3.05. The number of hydrogen-bond acceptors (Lipinski definition) is 6. The highest BCUT2D eigenvalue weighted by Crippen LogP contribution is 2.14. The van der Waals surface area contributed by atoms with Crippen LogP contribution in [0.5, 0.6) is 0 Å². The van der Waals surface area contributed by atoms with Gasteiger partial charge in [-0.3, -0.25) is 19.4 Å². The van der Waals surface area contributed by atoms with Crippen molar-refractivity contribution >= 4 is 34.9 Å². The Morgan fingerprint density at radius 1 is 0.909 bits per heavy atom. The number of rotatable bonds is 9. The Kier molecular flexibility index (Phi) is 7.85. The van der Waals surface area contributed by atoms with E-state index in [9.17, 15) is 14.4 Å². The van der Waals surface area contributed by atoms with Crippen LogP contribution in [-0.4, -0.2) is 46.7 Å². The average Bonchev–Trinajstić information content (AvgIpc) is 2.83. The molecule has 1 heterocycles. The van der Waals surface area contributed by atoms with Crippen LogP contribution in [-0.2, 0) is 9.59 Å². The van der Waals surface area contributed by atoms with Crippen LogP contribution in [0.4, 0.5) is 11.4 Å². The Bertz CT molecular complexity index is 1130. The quantitative estimate of drug-likeness (QED) is 0.344. The van der Waals surface area contributed by atoms with Crippen LogP contribution in [0.1, 0.15) is 22.8 Å². The molecule has 0 unspecified atom stereocenters. The summed E-state index contributed by atoms with van der Waals surface area (Å²) in [7, 11) is 0. The van der Waals surface area contributed by atoms with Gasteiger partial charge >= 0.3 is 5.97 Å². The number of benzene rings is 2. The van der Waals surface area contributed by atoms with Gasteiger partial charge in [0.25, 0.3) is 5.91 Å². The molecule has 2 amide bonds. The van der Waals surface area contributed by atoms with Gasteiger partial charge in [-0.25, -0.2) is 5.43 Å². The van der Waals surface area contributed by atoms with E-state index >= 15 is 0 Å². The molecule has 0 atom stereocenters. The molecule has 0 saturated carbocycles. The topological polar surface area (TPSA) is 124 Å². The lowest BCUT2D eigenvalue weighted by Crippen LogP contribution is -2.37. The van der Waals surface area contributed by atoms with Crippen molar-refractivity contribution in [2.75, 3.05) is 23.3 Å². The average molecular weight is 445 g/mol. The maximum atomic E-state index is 12.5. The molecule has 0 saturated heterocycles. The summed E-state index contributed by atoms with van der Waals surface area (Å²) >= 11 is 0. The zero-order valence-corrected chi connectivity index (χ0v) is 17.9. The Balaban J connectivity index is 1.59. The number of anilines is 2. The molecule has 2 aromatic carbocycles. The second-order valence-electron chi connectivity index (χ2n) is 7.08. The van der Waals surface area contributed by atoms with Crippen molar-refractivity contribution in [2.24, 2.45) is 5.10 Å². The summed E-state index contributed by atoms with van der Waals surface area (Å²) in [5, 5.41) is 16.0. The lowest BCUT2D eigenvalue weighted by molar-refractivity contribution is -0.135. The van der Waals surface area contributed by atoms with Crippen LogP contribution in [0.15, 0.2) is 84.2 Å². The van der Waals surface area contributed by atoms with Gasteiger partial charge in [0, 0.05) is 29.3 Å². The predicted molar refractivity (Wildman–Crippen MR) is 125 cm³/mol. The number of aromatic nitrogens is 1. The molecule has 0 aliphatic carbocycles. The second kappa shape index (κ2) is 11.2. The molecule has 33 heavy (non-hydrogen) atoms. The van der Waals surface area contributed by atoms with E-state index in [1.54, 1.807) is 67.6 Å². The third-order valence-corrected chi connectivity index (χ3v) is 4.64. The third kappa shape index (κ3) is 7.00. The smallest absolute Gasteiger partial charge is 0.323 e. The highest BCUT2D eigenvalue weighted by Gasteiger charge is 2.15. The molecular formula is C24H23N5O4. The summed E-state index contributed by atoms with van der Waals surface area (Å²) in [5.41, 5.74) is 5.50. The number of hydrogen-bond donors (Lipinski definition) is 3. The van der Waals surface area contributed by atoms with E-state index in [0.717, 1.165) is 5.56 Å². The first-order chi connectivity index (χ1) is 15.9. The van der Waals surface area contributed by atoms with E-state index in [0.29, 0.717) is 22.6 Å². The van der Waals surface area contributed by atoms with Crippen LogP contribution in [0, 0.1) is 0 Å². The molecule has 3 rings (SSSR count). The highest BCUT2D eigenvalue weighted by molar-refractivity contribution is 6.01. The Labute approximate surface area is 190 Å². The van der Waals surface area contributed by atoms with Crippen LogP contribution in [0.25, 0.3) is 0 Å². The zero-order valence-electron chi connectivity index (χ0n) is 17.9. The van der Waals surface area contributed by atoms with Crippen molar-refractivity contribution in [3.05, 3.63) is 90.3 Å². The van der Waals surface area contributed by atoms with Crippen LogP contribution >= 0.6 is 0 Å². The van der Waals surface area contributed by atoms with Crippen molar-refractivity contribution in [3.63, 3.8) is 0 Å². The van der Waals surface area contributed by atoms with Crippen LogP contribution < -0.4 is 15.6 Å². The molecule has 9 nitrogen and oxygen atoms in total. The first-order valence-electron chi connectivity index (χ1n) is 10.1. The van der Waals surface area contributed by atoms with Crippen LogP contribution in [0.2, 0.25) is 0 Å². The monoisotopic (exact) mass is 445 g/mol. The van der Waals surface area contributed by atoms with E-state index in [4.69, 9.17) is 5.11 Å². The van der Waals surface area contributed by atoms with Crippen molar-refractivity contribution in [1.82, 2.24) is 10.4 Å². The van der Waals surface area contributed by atoms with E-state index in [1.807, 2.05) is 6.07 Å². The van der Waals surface area contributed by atoms with Gasteiger partial charge in [0.15, 0.2) is 0 Å². The number of pyridine rings is 1. The number of carbonyl (C=O) groups is 3. The minimum atomic E-state index is -1.03. The van der Waals surface area contributed by atoms with Gasteiger partial charge in [0.2, 0.25) is 5.91 Å². The number of hydrazone groups is 1. The van der Waals surface area contributed by atoms with Crippen molar-refractivity contribution in [1.29, 1.82) is 0 Å². The van der Waals surface area contributed by atoms with E-state index in [-0.39, 0.29) is 24.9 Å². The maximum Gasteiger partial charge on any atom is 0.323 e. The normalized spacial score (nSPS) is 10.9. The zero-order chi connectivity index (χ0) is 23.6. The second-order valence-corrected chi connectivity index (χ2v) is 7.08. The fraction of sp³-hybridized carbons (Fsp3) is 0.125. The van der Waals surface area contributed by atoms with Gasteiger partial charge in [0.05, 0.1) is 12.3 Å². The number of nitrogens with zero attached hydrogens (tertiary/aromatic N) is 3. The summed E-state index contributed by atoms with van der Waals surface area (Å²) in [6, 6.07) is 19.0. The number of nitrogens with one attached hydrogen (secondary N) is 2. The Morgan fingerprint density at radius 2 is 1.58 bits per heavy atom. The van der Waals surface area contributed by atoms with Crippen molar-refractivity contribution in [2.45, 2.75) is 6.92 Å². The van der Waals surface area contributed by atoms with Crippen LogP contribution in [0.3, 0.4) is 0 Å². The largest absolute Gasteiger partial charge is 0.480 e. The van der Waals surface area contributed by atoms with Crippen molar-refractivity contribution in [3.8, 4) is 0 Å². The lowest BCUT2D eigenvalue weighted by atomic mass is 10.1. The van der Waals surface area contributed by atoms with Gasteiger partial charge in [-0.1, -0.05) is 30.3 Å². The summed E-state index contributed by atoms with van der Waals surface area (Å²) < 4.78 is 0.